The second kappa shape index (κ2) is 13.5. The third-order valence-electron chi connectivity index (χ3n) is 4.61. The smallest absolute Gasteiger partial charge is 0.129 e. The number of carbonyl (C=O) groups excluding carboxylic acids is 1. The van der Waals surface area contributed by atoms with Crippen LogP contribution >= 0.6 is 0 Å². The van der Waals surface area contributed by atoms with Crippen LogP contribution in [0.3, 0.4) is 0 Å². The molecule has 1 unspecified atom stereocenters. The Morgan fingerprint density at radius 2 is 1.73 bits per heavy atom. The molecule has 1 saturated carbocycles. The van der Waals surface area contributed by atoms with Crippen LogP contribution in [0.1, 0.15) is 58.3 Å². The molecule has 26 heavy (non-hydrogen) atoms. The van der Waals surface area contributed by atoms with Gasteiger partial charge in [-0.1, -0.05) is 49.3 Å². The van der Waals surface area contributed by atoms with Crippen molar-refractivity contribution in [1.29, 1.82) is 0 Å². The Morgan fingerprint density at radius 3 is 2.42 bits per heavy atom. The first-order valence-corrected chi connectivity index (χ1v) is 9.55. The number of rotatable bonds is 9. The number of aliphatic hydroxyl groups excluding tert-OH is 3. The third kappa shape index (κ3) is 10.4. The van der Waals surface area contributed by atoms with Crippen molar-refractivity contribution in [1.82, 2.24) is 0 Å². The summed E-state index contributed by atoms with van der Waals surface area (Å²) in [6.07, 6.45) is 14.9. The predicted molar refractivity (Wildman–Crippen MR) is 104 cm³/mol. The van der Waals surface area contributed by atoms with Gasteiger partial charge in [-0.25, -0.2) is 0 Å². The van der Waals surface area contributed by atoms with Crippen molar-refractivity contribution in [2.45, 2.75) is 76.6 Å². The zero-order chi connectivity index (χ0) is 19.2. The van der Waals surface area contributed by atoms with Crippen molar-refractivity contribution < 1.29 is 20.1 Å². The topological polar surface area (TPSA) is 77.8 Å². The van der Waals surface area contributed by atoms with Gasteiger partial charge in [-0.2, -0.15) is 0 Å². The van der Waals surface area contributed by atoms with E-state index >= 15 is 0 Å². The van der Waals surface area contributed by atoms with E-state index in [1.807, 2.05) is 0 Å². The van der Waals surface area contributed by atoms with Crippen LogP contribution in [0.2, 0.25) is 0 Å². The fraction of sp³-hybridized carbons (Fsp3) is 0.591. The van der Waals surface area contributed by atoms with E-state index in [0.717, 1.165) is 12.8 Å². The zero-order valence-corrected chi connectivity index (χ0v) is 15.7. The summed E-state index contributed by atoms with van der Waals surface area (Å²) in [6.45, 7) is 1.51. The van der Waals surface area contributed by atoms with E-state index < -0.39 is 18.3 Å². The van der Waals surface area contributed by atoms with Gasteiger partial charge in [0.15, 0.2) is 0 Å². The van der Waals surface area contributed by atoms with Crippen molar-refractivity contribution >= 4 is 5.78 Å². The van der Waals surface area contributed by atoms with E-state index in [9.17, 15) is 20.1 Å². The van der Waals surface area contributed by atoms with Gasteiger partial charge in [-0.05, 0) is 56.8 Å². The van der Waals surface area contributed by atoms with Gasteiger partial charge in [0.05, 0.1) is 18.3 Å². The minimum absolute atomic E-state index is 0.0871. The monoisotopic (exact) mass is 360 g/mol. The lowest BCUT2D eigenvalue weighted by atomic mass is 9.85. The lowest BCUT2D eigenvalue weighted by molar-refractivity contribution is -0.117. The maximum absolute atomic E-state index is 10.8. The molecule has 1 fully saturated rings. The summed E-state index contributed by atoms with van der Waals surface area (Å²) in [5.74, 6) is 6.13. The first kappa shape index (κ1) is 22.4. The molecule has 0 amide bonds. The second-order valence-corrected chi connectivity index (χ2v) is 6.93. The number of hydrogen-bond donors (Lipinski definition) is 3. The fourth-order valence-electron chi connectivity index (χ4n) is 3.02. The number of ketones is 1. The Bertz CT molecular complexity index is 544. The van der Waals surface area contributed by atoms with Gasteiger partial charge in [0.1, 0.15) is 5.78 Å². The van der Waals surface area contributed by atoms with Gasteiger partial charge < -0.3 is 20.1 Å². The van der Waals surface area contributed by atoms with E-state index in [2.05, 4.69) is 11.8 Å². The largest absolute Gasteiger partial charge is 0.390 e. The van der Waals surface area contributed by atoms with Gasteiger partial charge in [0.25, 0.3) is 0 Å². The zero-order valence-electron chi connectivity index (χ0n) is 15.7. The number of aliphatic hydroxyl groups is 3. The summed E-state index contributed by atoms with van der Waals surface area (Å²) in [5.41, 5.74) is 0. The molecule has 0 bridgehead atoms. The highest BCUT2D eigenvalue weighted by Crippen LogP contribution is 2.26. The molecule has 0 radical (unpaired) electrons. The van der Waals surface area contributed by atoms with Crippen molar-refractivity contribution in [3.05, 3.63) is 36.5 Å². The summed E-state index contributed by atoms with van der Waals surface area (Å²) >= 11 is 0. The number of allylic oxidation sites excluding steroid dienone is 4. The lowest BCUT2D eigenvalue weighted by Crippen LogP contribution is -2.23. The van der Waals surface area contributed by atoms with Crippen molar-refractivity contribution in [3.8, 4) is 11.8 Å². The third-order valence-corrected chi connectivity index (χ3v) is 4.61. The molecule has 3 N–H and O–H groups in total. The molecule has 0 aromatic heterocycles. The van der Waals surface area contributed by atoms with E-state index in [4.69, 9.17) is 0 Å². The summed E-state index contributed by atoms with van der Waals surface area (Å²) in [7, 11) is 0. The lowest BCUT2D eigenvalue weighted by Gasteiger charge is -2.24. The van der Waals surface area contributed by atoms with E-state index in [1.54, 1.807) is 30.4 Å². The Morgan fingerprint density at radius 1 is 1.04 bits per heavy atom. The maximum atomic E-state index is 10.8. The van der Waals surface area contributed by atoms with Crippen LogP contribution in [0.4, 0.5) is 0 Å². The van der Waals surface area contributed by atoms with Crippen molar-refractivity contribution in [2.24, 2.45) is 5.92 Å². The Labute approximate surface area is 157 Å². The van der Waals surface area contributed by atoms with Crippen LogP contribution in [-0.4, -0.2) is 39.4 Å². The number of Topliss-reactive ketones (excluding diaryl/α,β-unsaturated/α-hetero) is 1. The van der Waals surface area contributed by atoms with E-state index in [-0.39, 0.29) is 5.78 Å². The average Bonchev–Trinajstić information content (AvgIpc) is 2.63. The van der Waals surface area contributed by atoms with Crippen molar-refractivity contribution in [3.63, 3.8) is 0 Å². The standard InChI is InChI=1S/C22H32O4/c1-18(23)12-11-17-22(26)21(25)16-10-5-3-2-4-9-15-20(24)19-13-7-6-8-14-19/h3,5,9-10,15-16,19-22,24-26H,6-8,11-14,17H2,1H3/b5-3+,15-9+,16-10+/t20?,21-,22+/m1/s1. The fourth-order valence-corrected chi connectivity index (χ4v) is 3.02. The SMILES string of the molecule is CC(=O)CCC[C@H](O)[C@H](O)/C=C/C=C/C#C/C=C/C(O)C1CCCCC1. The van der Waals surface area contributed by atoms with Crippen LogP contribution < -0.4 is 0 Å². The van der Waals surface area contributed by atoms with Crippen LogP contribution in [0.15, 0.2) is 36.5 Å². The number of hydrogen-bond acceptors (Lipinski definition) is 4. The van der Waals surface area contributed by atoms with Crippen LogP contribution in [0.25, 0.3) is 0 Å². The highest BCUT2D eigenvalue weighted by molar-refractivity contribution is 5.75. The molecule has 0 saturated heterocycles. The molecule has 1 aliphatic carbocycles. The van der Waals surface area contributed by atoms with E-state index in [0.29, 0.717) is 25.2 Å². The molecule has 0 aliphatic heterocycles. The van der Waals surface area contributed by atoms with Crippen molar-refractivity contribution in [2.75, 3.05) is 0 Å². The quantitative estimate of drug-likeness (QED) is 0.436. The minimum atomic E-state index is -0.954. The molecule has 0 aromatic carbocycles. The molecule has 1 aliphatic rings. The van der Waals surface area contributed by atoms with Crippen LogP contribution in [-0.2, 0) is 4.79 Å². The van der Waals surface area contributed by atoms with Crippen LogP contribution in [0, 0.1) is 17.8 Å². The highest BCUT2D eigenvalue weighted by atomic mass is 16.3. The predicted octanol–water partition coefficient (Wildman–Crippen LogP) is 3.08. The number of carbonyl (C=O) groups is 1. The van der Waals surface area contributed by atoms with Crippen LogP contribution in [0.5, 0.6) is 0 Å². The molecular weight excluding hydrogens is 328 g/mol. The van der Waals surface area contributed by atoms with Gasteiger partial charge in [-0.15, -0.1) is 0 Å². The summed E-state index contributed by atoms with van der Waals surface area (Å²) in [5, 5.41) is 29.6. The van der Waals surface area contributed by atoms with E-state index in [1.165, 1.54) is 32.3 Å². The normalized spacial score (nSPS) is 19.5. The van der Waals surface area contributed by atoms with Gasteiger partial charge >= 0.3 is 0 Å². The van der Waals surface area contributed by atoms with Gasteiger partial charge in [0, 0.05) is 6.42 Å². The Balaban J connectivity index is 2.26. The Hall–Kier alpha value is -1.67. The average molecular weight is 360 g/mol. The van der Waals surface area contributed by atoms with Gasteiger partial charge in [-0.3, -0.25) is 0 Å². The highest BCUT2D eigenvalue weighted by Gasteiger charge is 2.19. The minimum Gasteiger partial charge on any atom is -0.390 e. The molecule has 144 valence electrons. The molecule has 4 nitrogen and oxygen atoms in total. The second-order valence-electron chi connectivity index (χ2n) is 6.93. The summed E-state index contributed by atoms with van der Waals surface area (Å²) in [4.78, 5) is 10.8. The molecule has 3 atom stereocenters. The first-order chi connectivity index (χ1) is 12.5. The molecule has 0 heterocycles. The summed E-state index contributed by atoms with van der Waals surface area (Å²) < 4.78 is 0. The molecule has 0 aromatic rings. The Kier molecular flexibility index (Phi) is 11.6. The molecule has 4 heteroatoms. The summed E-state index contributed by atoms with van der Waals surface area (Å²) in [6, 6.07) is 0. The molecule has 0 spiro atoms. The molecular formula is C22H32O4. The van der Waals surface area contributed by atoms with Gasteiger partial charge in [0.2, 0.25) is 0 Å². The maximum Gasteiger partial charge on any atom is 0.129 e. The molecule has 1 rings (SSSR count). The first-order valence-electron chi connectivity index (χ1n) is 9.55.